The van der Waals surface area contributed by atoms with E-state index in [1.165, 1.54) is 25.3 Å². The second-order valence-electron chi connectivity index (χ2n) is 5.54. The Hall–Kier alpha value is -2.58. The van der Waals surface area contributed by atoms with E-state index in [0.29, 0.717) is 15.7 Å². The quantitative estimate of drug-likeness (QED) is 0.860. The number of amides is 2. The van der Waals surface area contributed by atoms with Crippen molar-refractivity contribution in [1.29, 1.82) is 0 Å². The molecule has 3 rings (SSSR count). The number of carbonyl (C=O) groups excluding carboxylic acids is 2. The highest BCUT2D eigenvalue weighted by atomic mass is 35.5. The van der Waals surface area contributed by atoms with Crippen molar-refractivity contribution >= 4 is 44.8 Å². The van der Waals surface area contributed by atoms with Gasteiger partial charge in [0, 0.05) is 6.42 Å². The lowest BCUT2D eigenvalue weighted by molar-refractivity contribution is -0.116. The molecule has 1 fully saturated rings. The number of hydrogen-bond acceptors (Lipinski definition) is 5. The van der Waals surface area contributed by atoms with Gasteiger partial charge in [0.25, 0.3) is 5.91 Å². The maximum atomic E-state index is 12.6. The Balaban J connectivity index is 1.95. The van der Waals surface area contributed by atoms with Crippen LogP contribution in [0.5, 0.6) is 5.75 Å². The molecule has 0 aromatic heterocycles. The van der Waals surface area contributed by atoms with E-state index >= 15 is 0 Å². The number of sulfonamides is 1. The minimum atomic E-state index is -3.73. The number of carbonyl (C=O) groups is 2. The number of hydrogen-bond donors (Lipinski definition) is 1. The van der Waals surface area contributed by atoms with E-state index < -0.39 is 21.8 Å². The number of benzene rings is 2. The Morgan fingerprint density at radius 2 is 1.96 bits per heavy atom. The molecule has 9 heteroatoms. The number of halogens is 1. The molecule has 1 N–H and O–H groups in total. The van der Waals surface area contributed by atoms with E-state index in [9.17, 15) is 18.0 Å². The summed E-state index contributed by atoms with van der Waals surface area (Å²) in [4.78, 5) is 24.5. The molecule has 1 heterocycles. The summed E-state index contributed by atoms with van der Waals surface area (Å²) in [5.74, 6) is -0.878. The van der Waals surface area contributed by atoms with E-state index in [0.717, 1.165) is 0 Å². The fourth-order valence-corrected chi connectivity index (χ4v) is 4.27. The number of methoxy groups -OCH3 is 1. The molecule has 2 aromatic rings. The fraction of sp³-hybridized carbons (Fsp3) is 0.176. The maximum absolute atomic E-state index is 12.6. The van der Waals surface area contributed by atoms with Crippen molar-refractivity contribution in [3.05, 3.63) is 53.1 Å². The van der Waals surface area contributed by atoms with E-state index in [1.54, 1.807) is 24.3 Å². The molecule has 1 aliphatic rings. The summed E-state index contributed by atoms with van der Waals surface area (Å²) in [6.45, 7) is 0. The van der Waals surface area contributed by atoms with Gasteiger partial charge in [-0.25, -0.2) is 12.7 Å². The number of nitrogens with zero attached hydrogens (tertiary/aromatic N) is 1. The second kappa shape index (κ2) is 6.97. The molecule has 2 amide bonds. The molecule has 0 bridgehead atoms. The smallest absolute Gasteiger partial charge is 0.257 e. The Morgan fingerprint density at radius 3 is 2.62 bits per heavy atom. The molecular formula is C17H15ClN2O5S. The van der Waals surface area contributed by atoms with Gasteiger partial charge in [-0.1, -0.05) is 23.7 Å². The molecule has 0 aliphatic carbocycles. The minimum Gasteiger partial charge on any atom is -0.495 e. The monoisotopic (exact) mass is 394 g/mol. The summed E-state index contributed by atoms with van der Waals surface area (Å²) >= 11 is 6.10. The average molecular weight is 395 g/mol. The van der Waals surface area contributed by atoms with Crippen LogP contribution in [0.1, 0.15) is 16.8 Å². The molecule has 2 aromatic carbocycles. The van der Waals surface area contributed by atoms with Crippen LogP contribution in [0.15, 0.2) is 42.5 Å². The minimum absolute atomic E-state index is 0.0463. The van der Waals surface area contributed by atoms with Gasteiger partial charge >= 0.3 is 0 Å². The summed E-state index contributed by atoms with van der Waals surface area (Å²) < 4.78 is 30.0. The van der Waals surface area contributed by atoms with E-state index in [4.69, 9.17) is 16.3 Å². The van der Waals surface area contributed by atoms with Crippen molar-refractivity contribution in [2.24, 2.45) is 0 Å². The van der Waals surface area contributed by atoms with Crippen molar-refractivity contribution in [2.75, 3.05) is 22.5 Å². The van der Waals surface area contributed by atoms with Crippen LogP contribution >= 0.6 is 11.6 Å². The SMILES string of the molecule is COc1ccccc1NC(=O)c1cc(N2C(=O)CCS2(=O)=O)ccc1Cl. The molecule has 7 nitrogen and oxygen atoms in total. The van der Waals surface area contributed by atoms with Crippen molar-refractivity contribution in [3.63, 3.8) is 0 Å². The summed E-state index contributed by atoms with van der Waals surface area (Å²) in [6, 6.07) is 10.9. The van der Waals surface area contributed by atoms with E-state index in [2.05, 4.69) is 5.32 Å². The Kier molecular flexibility index (Phi) is 4.88. The molecule has 0 unspecified atom stereocenters. The zero-order valence-corrected chi connectivity index (χ0v) is 15.3. The molecular weight excluding hydrogens is 380 g/mol. The highest BCUT2D eigenvalue weighted by Crippen LogP contribution is 2.30. The molecule has 1 saturated heterocycles. The predicted molar refractivity (Wildman–Crippen MR) is 98.3 cm³/mol. The predicted octanol–water partition coefficient (Wildman–Crippen LogP) is 2.67. The van der Waals surface area contributed by atoms with Gasteiger partial charge in [-0.15, -0.1) is 0 Å². The Bertz CT molecular complexity index is 990. The normalized spacial score (nSPS) is 15.8. The zero-order chi connectivity index (χ0) is 18.9. The van der Waals surface area contributed by atoms with Crippen LogP contribution in [0.3, 0.4) is 0 Å². The molecule has 1 aliphatic heterocycles. The summed E-state index contributed by atoms with van der Waals surface area (Å²) in [6.07, 6.45) is -0.0896. The summed E-state index contributed by atoms with van der Waals surface area (Å²) in [7, 11) is -2.25. The molecule has 136 valence electrons. The van der Waals surface area contributed by atoms with E-state index in [1.807, 2.05) is 0 Å². The van der Waals surface area contributed by atoms with Gasteiger partial charge in [-0.3, -0.25) is 9.59 Å². The maximum Gasteiger partial charge on any atom is 0.257 e. The van der Waals surface area contributed by atoms with Crippen LogP contribution in [0, 0.1) is 0 Å². The number of nitrogens with one attached hydrogen (secondary N) is 1. The third-order valence-electron chi connectivity index (χ3n) is 3.86. The third kappa shape index (κ3) is 3.38. The number of anilines is 2. The summed E-state index contributed by atoms with van der Waals surface area (Å²) in [5.41, 5.74) is 0.568. The number of ether oxygens (including phenoxy) is 1. The van der Waals surface area contributed by atoms with Gasteiger partial charge in [0.15, 0.2) is 0 Å². The van der Waals surface area contributed by atoms with Gasteiger partial charge in [0.2, 0.25) is 15.9 Å². The van der Waals surface area contributed by atoms with Crippen LogP contribution in [0.25, 0.3) is 0 Å². The van der Waals surface area contributed by atoms with Crippen LogP contribution in [-0.2, 0) is 14.8 Å². The zero-order valence-electron chi connectivity index (χ0n) is 13.7. The third-order valence-corrected chi connectivity index (χ3v) is 5.88. The molecule has 26 heavy (non-hydrogen) atoms. The fourth-order valence-electron chi connectivity index (χ4n) is 2.62. The van der Waals surface area contributed by atoms with Crippen molar-refractivity contribution in [1.82, 2.24) is 0 Å². The van der Waals surface area contributed by atoms with Crippen molar-refractivity contribution in [2.45, 2.75) is 6.42 Å². The lowest BCUT2D eigenvalue weighted by atomic mass is 10.1. The average Bonchev–Trinajstić information content (AvgIpc) is 2.89. The molecule has 0 spiro atoms. The van der Waals surface area contributed by atoms with Crippen LogP contribution in [0.2, 0.25) is 5.02 Å². The largest absolute Gasteiger partial charge is 0.495 e. The lowest BCUT2D eigenvalue weighted by Crippen LogP contribution is -2.29. The summed E-state index contributed by atoms with van der Waals surface area (Å²) in [5, 5.41) is 2.80. The van der Waals surface area contributed by atoms with Crippen molar-refractivity contribution in [3.8, 4) is 5.75 Å². The Morgan fingerprint density at radius 1 is 1.23 bits per heavy atom. The van der Waals surface area contributed by atoms with Gasteiger partial charge in [0.05, 0.1) is 34.8 Å². The number of para-hydroxylation sites is 2. The lowest BCUT2D eigenvalue weighted by Gasteiger charge is -2.17. The number of rotatable bonds is 4. The van der Waals surface area contributed by atoms with Crippen LogP contribution < -0.4 is 14.4 Å². The first-order valence-electron chi connectivity index (χ1n) is 7.63. The standard InChI is InChI=1S/C17H15ClN2O5S/c1-25-15-5-3-2-4-14(15)19-17(22)12-10-11(6-7-13(12)18)20-16(21)8-9-26(20,23)24/h2-7,10H,8-9H2,1H3,(H,19,22). The molecule has 0 radical (unpaired) electrons. The van der Waals surface area contributed by atoms with Gasteiger partial charge in [-0.05, 0) is 30.3 Å². The first kappa shape index (κ1) is 18.2. The second-order valence-corrected chi connectivity index (χ2v) is 7.89. The Labute approximate surface area is 155 Å². The van der Waals surface area contributed by atoms with Crippen LogP contribution in [-0.4, -0.2) is 33.1 Å². The molecule has 0 saturated carbocycles. The van der Waals surface area contributed by atoms with Gasteiger partial charge < -0.3 is 10.1 Å². The topological polar surface area (TPSA) is 92.8 Å². The van der Waals surface area contributed by atoms with Crippen molar-refractivity contribution < 1.29 is 22.7 Å². The van der Waals surface area contributed by atoms with Gasteiger partial charge in [0.1, 0.15) is 5.75 Å². The van der Waals surface area contributed by atoms with Crippen LogP contribution in [0.4, 0.5) is 11.4 Å². The van der Waals surface area contributed by atoms with Gasteiger partial charge in [-0.2, -0.15) is 0 Å². The van der Waals surface area contributed by atoms with E-state index in [-0.39, 0.29) is 28.4 Å². The molecule has 0 atom stereocenters. The highest BCUT2D eigenvalue weighted by molar-refractivity contribution is 7.94. The highest BCUT2D eigenvalue weighted by Gasteiger charge is 2.36. The first-order valence-corrected chi connectivity index (χ1v) is 9.62. The first-order chi connectivity index (χ1) is 12.3.